The highest BCUT2D eigenvalue weighted by Crippen LogP contribution is 2.36. The number of aliphatic hydroxyl groups is 1. The maximum atomic E-state index is 12.9. The quantitative estimate of drug-likeness (QED) is 0.948. The molecule has 2 aromatic rings. The summed E-state index contributed by atoms with van der Waals surface area (Å²) >= 11 is 1.36. The molecule has 1 aromatic heterocycles. The molecule has 0 amide bonds. The zero-order chi connectivity index (χ0) is 14.2. The lowest BCUT2D eigenvalue weighted by atomic mass is 10.2. The normalized spacial score (nSPS) is 17.6. The van der Waals surface area contributed by atoms with Crippen LogP contribution in [0.25, 0.3) is 10.1 Å². The first-order valence-corrected chi connectivity index (χ1v) is 9.01. The number of rotatable bonds is 3. The van der Waals surface area contributed by atoms with Crippen molar-refractivity contribution in [1.82, 2.24) is 4.31 Å². The molecule has 1 fully saturated rings. The van der Waals surface area contributed by atoms with Crippen LogP contribution in [0.1, 0.15) is 24.1 Å². The van der Waals surface area contributed by atoms with E-state index < -0.39 is 10.0 Å². The van der Waals surface area contributed by atoms with Crippen molar-refractivity contribution in [1.29, 1.82) is 0 Å². The smallest absolute Gasteiger partial charge is 0.244 e. The van der Waals surface area contributed by atoms with E-state index in [1.165, 1.54) is 11.3 Å². The molecule has 4 nitrogen and oxygen atoms in total. The van der Waals surface area contributed by atoms with Crippen molar-refractivity contribution in [3.63, 3.8) is 0 Å². The molecular formula is C14H17NO3S2. The highest BCUT2D eigenvalue weighted by Gasteiger charge is 2.31. The number of hydrogen-bond acceptors (Lipinski definition) is 4. The van der Waals surface area contributed by atoms with Crippen molar-refractivity contribution in [2.75, 3.05) is 13.1 Å². The molecule has 0 atom stereocenters. The molecule has 1 aliphatic heterocycles. The topological polar surface area (TPSA) is 57.6 Å². The van der Waals surface area contributed by atoms with E-state index in [1.807, 2.05) is 24.3 Å². The molecule has 108 valence electrons. The van der Waals surface area contributed by atoms with Gasteiger partial charge in [-0.05, 0) is 18.9 Å². The molecule has 1 saturated heterocycles. The molecule has 0 bridgehead atoms. The lowest BCUT2D eigenvalue weighted by molar-refractivity contribution is 0.282. The molecular weight excluding hydrogens is 294 g/mol. The number of aliphatic hydroxyl groups excluding tert-OH is 1. The predicted octanol–water partition coefficient (Wildman–Crippen LogP) is 2.57. The Bertz CT molecular complexity index is 715. The average molecular weight is 311 g/mol. The van der Waals surface area contributed by atoms with Crippen molar-refractivity contribution in [2.45, 2.75) is 30.8 Å². The lowest BCUT2D eigenvalue weighted by Crippen LogP contribution is -2.35. The minimum atomic E-state index is -3.50. The van der Waals surface area contributed by atoms with Crippen LogP contribution < -0.4 is 0 Å². The Morgan fingerprint density at radius 3 is 2.55 bits per heavy atom. The third-order valence-electron chi connectivity index (χ3n) is 3.67. The number of thiophene rings is 1. The van der Waals surface area contributed by atoms with Crippen LogP contribution in [0, 0.1) is 0 Å². The molecule has 0 radical (unpaired) electrons. The predicted molar refractivity (Wildman–Crippen MR) is 80.4 cm³/mol. The van der Waals surface area contributed by atoms with Crippen LogP contribution in [0.2, 0.25) is 0 Å². The van der Waals surface area contributed by atoms with Gasteiger partial charge in [-0.1, -0.05) is 24.6 Å². The van der Waals surface area contributed by atoms with Gasteiger partial charge < -0.3 is 5.11 Å². The first kappa shape index (κ1) is 14.0. The highest BCUT2D eigenvalue weighted by atomic mass is 32.2. The van der Waals surface area contributed by atoms with Crippen LogP contribution in [-0.2, 0) is 16.6 Å². The van der Waals surface area contributed by atoms with Gasteiger partial charge in [0.15, 0.2) is 0 Å². The Kier molecular flexibility index (Phi) is 3.81. The summed E-state index contributed by atoms with van der Waals surface area (Å²) in [6, 6.07) is 7.44. The monoisotopic (exact) mass is 311 g/mol. The molecule has 1 N–H and O–H groups in total. The van der Waals surface area contributed by atoms with E-state index in [2.05, 4.69) is 0 Å². The van der Waals surface area contributed by atoms with Gasteiger partial charge in [-0.25, -0.2) is 8.42 Å². The Morgan fingerprint density at radius 1 is 1.15 bits per heavy atom. The van der Waals surface area contributed by atoms with Gasteiger partial charge in [0.05, 0.1) is 11.5 Å². The second-order valence-corrected chi connectivity index (χ2v) is 7.98. The number of hydrogen-bond donors (Lipinski definition) is 1. The molecule has 20 heavy (non-hydrogen) atoms. The minimum absolute atomic E-state index is 0.234. The van der Waals surface area contributed by atoms with E-state index >= 15 is 0 Å². The van der Waals surface area contributed by atoms with Gasteiger partial charge in [-0.15, -0.1) is 11.3 Å². The summed E-state index contributed by atoms with van der Waals surface area (Å²) < 4.78 is 28.2. The van der Waals surface area contributed by atoms with Gasteiger partial charge in [-0.3, -0.25) is 0 Å². The van der Waals surface area contributed by atoms with Gasteiger partial charge >= 0.3 is 0 Å². The first-order valence-electron chi connectivity index (χ1n) is 6.76. The van der Waals surface area contributed by atoms with E-state index in [4.69, 9.17) is 0 Å². The van der Waals surface area contributed by atoms with Crippen LogP contribution in [0.4, 0.5) is 0 Å². The number of piperidine rings is 1. The molecule has 1 aromatic carbocycles. The van der Waals surface area contributed by atoms with Crippen molar-refractivity contribution in [2.24, 2.45) is 0 Å². The van der Waals surface area contributed by atoms with Crippen LogP contribution in [0.15, 0.2) is 29.2 Å². The molecule has 0 aliphatic carbocycles. The Morgan fingerprint density at radius 2 is 1.85 bits per heavy atom. The first-order chi connectivity index (χ1) is 9.64. The Labute approximate surface area is 122 Å². The van der Waals surface area contributed by atoms with Gasteiger partial charge in [0, 0.05) is 23.2 Å². The molecule has 3 rings (SSSR count). The standard InChI is InChI=1S/C14H17NO3S2/c16-10-13-14(11-6-2-3-7-12(11)19-13)20(17,18)15-8-4-1-5-9-15/h2-3,6-7,16H,1,4-5,8-10H2. The van der Waals surface area contributed by atoms with E-state index in [-0.39, 0.29) is 6.61 Å². The molecule has 1 aliphatic rings. The third kappa shape index (κ3) is 2.26. The summed E-state index contributed by atoms with van der Waals surface area (Å²) in [5, 5.41) is 10.2. The number of benzene rings is 1. The van der Waals surface area contributed by atoms with Gasteiger partial charge in [0.1, 0.15) is 4.90 Å². The number of fused-ring (bicyclic) bond motifs is 1. The van der Waals surface area contributed by atoms with Gasteiger partial charge in [0.2, 0.25) is 10.0 Å². The van der Waals surface area contributed by atoms with Crippen LogP contribution in [-0.4, -0.2) is 30.9 Å². The Hall–Kier alpha value is -0.950. The zero-order valence-electron chi connectivity index (χ0n) is 11.1. The van der Waals surface area contributed by atoms with Crippen LogP contribution in [0.3, 0.4) is 0 Å². The SMILES string of the molecule is O=S(=O)(c1c(CO)sc2ccccc12)N1CCCCC1. The molecule has 2 heterocycles. The van der Waals surface area contributed by atoms with E-state index in [9.17, 15) is 13.5 Å². The largest absolute Gasteiger partial charge is 0.391 e. The summed E-state index contributed by atoms with van der Waals surface area (Å²) in [7, 11) is -3.50. The minimum Gasteiger partial charge on any atom is -0.391 e. The number of nitrogens with zero attached hydrogens (tertiary/aromatic N) is 1. The fourth-order valence-electron chi connectivity index (χ4n) is 2.69. The fourth-order valence-corrected chi connectivity index (χ4v) is 5.96. The average Bonchev–Trinajstić information content (AvgIpc) is 2.87. The highest BCUT2D eigenvalue weighted by molar-refractivity contribution is 7.89. The fraction of sp³-hybridized carbons (Fsp3) is 0.429. The maximum absolute atomic E-state index is 12.9. The van der Waals surface area contributed by atoms with E-state index in [0.717, 1.165) is 29.3 Å². The molecule has 0 spiro atoms. The van der Waals surface area contributed by atoms with E-state index in [0.29, 0.717) is 22.9 Å². The van der Waals surface area contributed by atoms with Crippen molar-refractivity contribution in [3.8, 4) is 0 Å². The summed E-state index contributed by atoms with van der Waals surface area (Å²) in [5.41, 5.74) is 0. The zero-order valence-corrected chi connectivity index (χ0v) is 12.7. The van der Waals surface area contributed by atoms with Gasteiger partial charge in [-0.2, -0.15) is 4.31 Å². The maximum Gasteiger partial charge on any atom is 0.244 e. The third-order valence-corrected chi connectivity index (χ3v) is 6.99. The molecule has 6 heteroatoms. The van der Waals surface area contributed by atoms with Crippen molar-refractivity contribution in [3.05, 3.63) is 29.1 Å². The lowest BCUT2D eigenvalue weighted by Gasteiger charge is -2.26. The number of sulfonamides is 1. The van der Waals surface area contributed by atoms with Gasteiger partial charge in [0.25, 0.3) is 0 Å². The Balaban J connectivity index is 2.17. The molecule has 0 saturated carbocycles. The summed E-state index contributed by atoms with van der Waals surface area (Å²) in [6.45, 7) is 0.927. The van der Waals surface area contributed by atoms with Crippen LogP contribution in [0.5, 0.6) is 0 Å². The summed E-state index contributed by atoms with van der Waals surface area (Å²) in [5.74, 6) is 0. The second-order valence-electron chi connectivity index (χ2n) is 4.97. The van der Waals surface area contributed by atoms with E-state index in [1.54, 1.807) is 4.31 Å². The van der Waals surface area contributed by atoms with Crippen molar-refractivity contribution >= 4 is 31.4 Å². The summed E-state index contributed by atoms with van der Waals surface area (Å²) in [4.78, 5) is 0.847. The molecule has 0 unspecified atom stereocenters. The summed E-state index contributed by atoms with van der Waals surface area (Å²) in [6.07, 6.45) is 2.91. The van der Waals surface area contributed by atoms with Crippen LogP contribution >= 0.6 is 11.3 Å². The van der Waals surface area contributed by atoms with Crippen molar-refractivity contribution < 1.29 is 13.5 Å². The second kappa shape index (κ2) is 5.44.